The minimum atomic E-state index is -0.711. The summed E-state index contributed by atoms with van der Waals surface area (Å²) in [4.78, 5) is 19.8. The molecule has 120 valence electrons. The van der Waals surface area contributed by atoms with Crippen molar-refractivity contribution in [3.63, 3.8) is 0 Å². The molecule has 0 saturated carbocycles. The second-order valence-corrected chi connectivity index (χ2v) is 4.72. The Balaban J connectivity index is 0. The standard InChI is InChI=1S/C12H24O2.C3H7NO2/c1-2-3-4-5-6-7-8-9-10-11-12(13)14;1-2-6-3(4)5/h2-11H2,1H3,(H,13,14);2H2,1H3,(H2,4,5). The molecule has 0 saturated heterocycles. The van der Waals surface area contributed by atoms with E-state index in [1.165, 1.54) is 44.9 Å². The number of aliphatic carboxylic acids is 1. The van der Waals surface area contributed by atoms with E-state index in [1.54, 1.807) is 6.92 Å². The van der Waals surface area contributed by atoms with Gasteiger partial charge in [-0.05, 0) is 13.3 Å². The molecule has 5 heteroatoms. The summed E-state index contributed by atoms with van der Waals surface area (Å²) in [5.74, 6) is -0.659. The van der Waals surface area contributed by atoms with E-state index in [4.69, 9.17) is 5.11 Å². The second-order valence-electron chi connectivity index (χ2n) is 4.72. The van der Waals surface area contributed by atoms with E-state index in [-0.39, 0.29) is 0 Å². The average Bonchev–Trinajstić information content (AvgIpc) is 2.37. The highest BCUT2D eigenvalue weighted by Gasteiger charge is 1.96. The van der Waals surface area contributed by atoms with E-state index in [0.29, 0.717) is 13.0 Å². The number of hydrogen-bond acceptors (Lipinski definition) is 3. The monoisotopic (exact) mass is 289 g/mol. The summed E-state index contributed by atoms with van der Waals surface area (Å²) in [5, 5.41) is 8.41. The summed E-state index contributed by atoms with van der Waals surface area (Å²) in [6, 6.07) is 0. The molecular formula is C15H31NO4. The van der Waals surface area contributed by atoms with Crippen LogP contribution >= 0.6 is 0 Å². The lowest BCUT2D eigenvalue weighted by Crippen LogP contribution is -2.11. The predicted molar refractivity (Wildman–Crippen MR) is 80.7 cm³/mol. The van der Waals surface area contributed by atoms with Crippen LogP contribution in [0.2, 0.25) is 0 Å². The quantitative estimate of drug-likeness (QED) is 0.560. The smallest absolute Gasteiger partial charge is 0.404 e. The summed E-state index contributed by atoms with van der Waals surface area (Å²) >= 11 is 0. The van der Waals surface area contributed by atoms with E-state index in [2.05, 4.69) is 17.4 Å². The first-order valence-corrected chi connectivity index (χ1v) is 7.68. The minimum Gasteiger partial charge on any atom is -0.481 e. The summed E-state index contributed by atoms with van der Waals surface area (Å²) in [7, 11) is 0. The maximum atomic E-state index is 10.2. The molecule has 0 aromatic heterocycles. The fraction of sp³-hybridized carbons (Fsp3) is 0.867. The molecule has 0 spiro atoms. The molecule has 0 atom stereocenters. The molecule has 1 amide bonds. The van der Waals surface area contributed by atoms with Crippen LogP contribution in [0.3, 0.4) is 0 Å². The van der Waals surface area contributed by atoms with Gasteiger partial charge in [-0.3, -0.25) is 4.79 Å². The minimum absolute atomic E-state index is 0.343. The molecule has 0 aliphatic carbocycles. The average molecular weight is 289 g/mol. The Labute approximate surface area is 122 Å². The van der Waals surface area contributed by atoms with Crippen LogP contribution < -0.4 is 5.73 Å². The van der Waals surface area contributed by atoms with Gasteiger partial charge in [0.25, 0.3) is 0 Å². The van der Waals surface area contributed by atoms with Crippen molar-refractivity contribution in [2.45, 2.75) is 78.1 Å². The van der Waals surface area contributed by atoms with Crippen LogP contribution in [0.25, 0.3) is 0 Å². The molecule has 3 N–H and O–H groups in total. The number of hydrogen-bond donors (Lipinski definition) is 2. The summed E-state index contributed by atoms with van der Waals surface area (Å²) < 4.78 is 4.18. The number of unbranched alkanes of at least 4 members (excludes halogenated alkanes) is 8. The molecule has 20 heavy (non-hydrogen) atoms. The van der Waals surface area contributed by atoms with Crippen LogP contribution in [-0.2, 0) is 9.53 Å². The summed E-state index contributed by atoms with van der Waals surface area (Å²) in [6.45, 7) is 4.28. The number of ether oxygens (including phenoxy) is 1. The maximum absolute atomic E-state index is 10.2. The van der Waals surface area contributed by atoms with Gasteiger partial charge < -0.3 is 15.6 Å². The summed E-state index contributed by atoms with van der Waals surface area (Å²) in [6.07, 6.45) is 10.8. The SMILES string of the molecule is CCCCCCCCCCCC(=O)O.CCOC(N)=O. The molecule has 5 nitrogen and oxygen atoms in total. The zero-order chi connectivity index (χ0) is 15.6. The van der Waals surface area contributed by atoms with Crippen molar-refractivity contribution in [1.82, 2.24) is 0 Å². The Bertz CT molecular complexity index is 232. The van der Waals surface area contributed by atoms with E-state index >= 15 is 0 Å². The topological polar surface area (TPSA) is 89.6 Å². The number of carbonyl (C=O) groups excluding carboxylic acids is 1. The first-order valence-electron chi connectivity index (χ1n) is 7.68. The van der Waals surface area contributed by atoms with Gasteiger partial charge in [0.1, 0.15) is 0 Å². The Morgan fingerprint density at radius 2 is 1.35 bits per heavy atom. The third-order valence-corrected chi connectivity index (χ3v) is 2.78. The molecule has 0 aliphatic rings. The molecule has 0 unspecified atom stereocenters. The van der Waals surface area contributed by atoms with E-state index in [9.17, 15) is 9.59 Å². The highest BCUT2D eigenvalue weighted by Crippen LogP contribution is 2.10. The lowest BCUT2D eigenvalue weighted by atomic mass is 10.1. The van der Waals surface area contributed by atoms with Gasteiger partial charge in [-0.2, -0.15) is 0 Å². The number of rotatable bonds is 11. The molecule has 0 fully saturated rings. The van der Waals surface area contributed by atoms with Crippen LogP contribution in [-0.4, -0.2) is 23.8 Å². The zero-order valence-electron chi connectivity index (χ0n) is 13.0. The van der Waals surface area contributed by atoms with Gasteiger partial charge in [-0.15, -0.1) is 0 Å². The largest absolute Gasteiger partial charge is 0.481 e. The van der Waals surface area contributed by atoms with Crippen molar-refractivity contribution in [2.75, 3.05) is 6.61 Å². The van der Waals surface area contributed by atoms with Crippen LogP contribution in [0.5, 0.6) is 0 Å². The fourth-order valence-electron chi connectivity index (χ4n) is 1.73. The van der Waals surface area contributed by atoms with Crippen molar-refractivity contribution in [3.8, 4) is 0 Å². The first-order chi connectivity index (χ1) is 9.54. The first kappa shape index (κ1) is 21.0. The van der Waals surface area contributed by atoms with Gasteiger partial charge >= 0.3 is 12.1 Å². The number of nitrogens with two attached hydrogens (primary N) is 1. The third-order valence-electron chi connectivity index (χ3n) is 2.78. The Morgan fingerprint density at radius 3 is 1.65 bits per heavy atom. The molecule has 0 heterocycles. The number of amides is 1. The Morgan fingerprint density at radius 1 is 0.900 bits per heavy atom. The molecule has 0 aromatic rings. The van der Waals surface area contributed by atoms with Gasteiger partial charge in [0, 0.05) is 6.42 Å². The van der Waals surface area contributed by atoms with E-state index in [0.717, 1.165) is 12.8 Å². The van der Waals surface area contributed by atoms with Crippen LogP contribution in [0.4, 0.5) is 4.79 Å². The number of carboxylic acid groups (broad SMARTS) is 1. The van der Waals surface area contributed by atoms with Crippen molar-refractivity contribution < 1.29 is 19.4 Å². The second kappa shape index (κ2) is 17.7. The van der Waals surface area contributed by atoms with E-state index in [1.807, 2.05) is 0 Å². The molecule has 0 aromatic carbocycles. The number of carboxylic acids is 1. The lowest BCUT2D eigenvalue weighted by Gasteiger charge is -2.00. The molecule has 0 aliphatic heterocycles. The number of primary amides is 1. The normalized spacial score (nSPS) is 9.50. The molecule has 0 rings (SSSR count). The van der Waals surface area contributed by atoms with Crippen molar-refractivity contribution in [3.05, 3.63) is 0 Å². The highest BCUT2D eigenvalue weighted by atomic mass is 16.5. The Hall–Kier alpha value is -1.26. The highest BCUT2D eigenvalue weighted by molar-refractivity contribution is 5.66. The van der Waals surface area contributed by atoms with Crippen LogP contribution in [0.1, 0.15) is 78.1 Å². The van der Waals surface area contributed by atoms with Crippen LogP contribution in [0.15, 0.2) is 0 Å². The fourth-order valence-corrected chi connectivity index (χ4v) is 1.73. The van der Waals surface area contributed by atoms with E-state index < -0.39 is 12.1 Å². The van der Waals surface area contributed by atoms with Crippen LogP contribution in [0, 0.1) is 0 Å². The number of carbonyl (C=O) groups is 2. The Kier molecular flexibility index (Phi) is 18.7. The van der Waals surface area contributed by atoms with Crippen molar-refractivity contribution >= 4 is 12.1 Å². The third kappa shape index (κ3) is 25.6. The van der Waals surface area contributed by atoms with Crippen molar-refractivity contribution in [1.29, 1.82) is 0 Å². The molecular weight excluding hydrogens is 258 g/mol. The molecule has 0 radical (unpaired) electrons. The predicted octanol–water partition coefficient (Wildman–Crippen LogP) is 4.09. The molecule has 0 bridgehead atoms. The summed E-state index contributed by atoms with van der Waals surface area (Å²) in [5.41, 5.74) is 4.54. The van der Waals surface area contributed by atoms with Gasteiger partial charge in [0.15, 0.2) is 0 Å². The van der Waals surface area contributed by atoms with Gasteiger partial charge in [0.05, 0.1) is 6.61 Å². The maximum Gasteiger partial charge on any atom is 0.404 e. The van der Waals surface area contributed by atoms with Gasteiger partial charge in [-0.25, -0.2) is 4.79 Å². The zero-order valence-corrected chi connectivity index (χ0v) is 13.0. The van der Waals surface area contributed by atoms with Gasteiger partial charge in [-0.1, -0.05) is 58.3 Å². The lowest BCUT2D eigenvalue weighted by molar-refractivity contribution is -0.137. The van der Waals surface area contributed by atoms with Crippen molar-refractivity contribution in [2.24, 2.45) is 5.73 Å². The van der Waals surface area contributed by atoms with Gasteiger partial charge in [0.2, 0.25) is 0 Å².